The molecule has 2 rings (SSSR count). The molecule has 0 radical (unpaired) electrons. The molecule has 0 unspecified atom stereocenters. The normalized spacial score (nSPS) is 16.0. The number of aromatic nitrogens is 1. The number of anilines is 1. The number of hydrogen-bond acceptors (Lipinski definition) is 3. The summed E-state index contributed by atoms with van der Waals surface area (Å²) in [6, 6.07) is -0.539. The van der Waals surface area contributed by atoms with E-state index in [0.717, 1.165) is 4.88 Å². The average molecular weight is 183 g/mol. The Morgan fingerprint density at radius 2 is 2.50 bits per heavy atom. The van der Waals surface area contributed by atoms with Crippen LogP contribution in [0.2, 0.25) is 0 Å². The van der Waals surface area contributed by atoms with Gasteiger partial charge >= 0.3 is 6.03 Å². The number of nitrogens with two attached hydrogens (primary N) is 1. The molecular formula is C7H9N3OS. The topological polar surface area (TPSA) is 68.0 Å². The molecule has 1 saturated carbocycles. The van der Waals surface area contributed by atoms with Gasteiger partial charge in [0, 0.05) is 0 Å². The van der Waals surface area contributed by atoms with Crippen LogP contribution in [-0.2, 0) is 0 Å². The second kappa shape index (κ2) is 2.75. The molecule has 0 atom stereocenters. The van der Waals surface area contributed by atoms with E-state index in [1.807, 2.05) is 0 Å². The van der Waals surface area contributed by atoms with E-state index >= 15 is 0 Å². The Bertz CT molecular complexity index is 305. The molecule has 0 aromatic carbocycles. The van der Waals surface area contributed by atoms with Gasteiger partial charge in [0.05, 0.1) is 10.4 Å². The van der Waals surface area contributed by atoms with Crippen LogP contribution >= 0.6 is 11.3 Å². The number of amides is 2. The molecule has 0 saturated heterocycles. The zero-order valence-electron chi connectivity index (χ0n) is 6.41. The summed E-state index contributed by atoms with van der Waals surface area (Å²) in [4.78, 5) is 15.7. The maximum Gasteiger partial charge on any atom is 0.317 e. The van der Waals surface area contributed by atoms with E-state index < -0.39 is 6.03 Å². The van der Waals surface area contributed by atoms with Crippen molar-refractivity contribution in [2.45, 2.75) is 18.8 Å². The van der Waals surface area contributed by atoms with Gasteiger partial charge in [0.2, 0.25) is 0 Å². The van der Waals surface area contributed by atoms with Crippen LogP contribution in [0.4, 0.5) is 10.6 Å². The monoisotopic (exact) mass is 183 g/mol. The van der Waals surface area contributed by atoms with Crippen molar-refractivity contribution in [1.82, 2.24) is 4.98 Å². The first-order chi connectivity index (χ1) is 5.77. The Labute approximate surface area is 73.8 Å². The van der Waals surface area contributed by atoms with Gasteiger partial charge < -0.3 is 5.73 Å². The fourth-order valence-corrected chi connectivity index (χ4v) is 2.02. The highest BCUT2D eigenvalue weighted by Gasteiger charge is 2.28. The summed E-state index contributed by atoms with van der Waals surface area (Å²) in [5, 5.41) is 2.51. The lowest BCUT2D eigenvalue weighted by atomic mass is 10.3. The van der Waals surface area contributed by atoms with Gasteiger partial charge in [-0.15, -0.1) is 11.3 Å². The Morgan fingerprint density at radius 3 is 3.08 bits per heavy atom. The van der Waals surface area contributed by atoms with Crippen LogP contribution in [0.15, 0.2) is 5.51 Å². The van der Waals surface area contributed by atoms with Crippen LogP contribution < -0.4 is 11.1 Å². The van der Waals surface area contributed by atoms with Crippen LogP contribution in [0, 0.1) is 0 Å². The van der Waals surface area contributed by atoms with Gasteiger partial charge in [-0.05, 0) is 18.8 Å². The predicted molar refractivity (Wildman–Crippen MR) is 47.3 cm³/mol. The summed E-state index contributed by atoms with van der Waals surface area (Å²) in [5.41, 5.74) is 6.72. The van der Waals surface area contributed by atoms with Gasteiger partial charge in [0.1, 0.15) is 5.82 Å². The number of nitrogens with zero attached hydrogens (tertiary/aromatic N) is 1. The first kappa shape index (κ1) is 7.54. The van der Waals surface area contributed by atoms with Gasteiger partial charge in [-0.2, -0.15) is 0 Å². The lowest BCUT2D eigenvalue weighted by molar-refractivity contribution is 0.259. The average Bonchev–Trinajstić information content (AvgIpc) is 2.73. The molecule has 1 aliphatic carbocycles. The molecule has 1 fully saturated rings. The predicted octanol–water partition coefficient (Wildman–Crippen LogP) is 1.51. The smallest absolute Gasteiger partial charge is 0.317 e. The highest BCUT2D eigenvalue weighted by Crippen LogP contribution is 2.45. The minimum atomic E-state index is -0.539. The number of nitrogens with one attached hydrogen (secondary N) is 1. The number of thiazole rings is 1. The van der Waals surface area contributed by atoms with Crippen molar-refractivity contribution in [2.24, 2.45) is 5.73 Å². The Kier molecular flexibility index (Phi) is 1.73. The van der Waals surface area contributed by atoms with Crippen molar-refractivity contribution in [2.75, 3.05) is 5.32 Å². The van der Waals surface area contributed by atoms with E-state index in [4.69, 9.17) is 5.73 Å². The minimum absolute atomic E-state index is 0.539. The maximum absolute atomic E-state index is 10.5. The lowest BCUT2D eigenvalue weighted by Crippen LogP contribution is -2.20. The number of carbonyl (C=O) groups excluding carboxylic acids is 1. The van der Waals surface area contributed by atoms with E-state index in [0.29, 0.717) is 11.7 Å². The summed E-state index contributed by atoms with van der Waals surface area (Å²) in [6.45, 7) is 0. The largest absolute Gasteiger partial charge is 0.351 e. The van der Waals surface area contributed by atoms with Crippen molar-refractivity contribution in [3.63, 3.8) is 0 Å². The molecule has 12 heavy (non-hydrogen) atoms. The molecule has 5 heteroatoms. The van der Waals surface area contributed by atoms with Crippen LogP contribution in [0.1, 0.15) is 23.6 Å². The quantitative estimate of drug-likeness (QED) is 0.729. The molecule has 4 nitrogen and oxygen atoms in total. The van der Waals surface area contributed by atoms with E-state index in [-0.39, 0.29) is 0 Å². The third-order valence-electron chi connectivity index (χ3n) is 1.78. The highest BCUT2D eigenvalue weighted by molar-refractivity contribution is 7.10. The minimum Gasteiger partial charge on any atom is -0.351 e. The molecule has 1 aromatic heterocycles. The molecule has 1 aliphatic rings. The summed E-state index contributed by atoms with van der Waals surface area (Å²) < 4.78 is 0. The molecule has 3 N–H and O–H groups in total. The van der Waals surface area contributed by atoms with E-state index in [2.05, 4.69) is 10.3 Å². The fraction of sp³-hybridized carbons (Fsp3) is 0.429. The molecule has 64 valence electrons. The van der Waals surface area contributed by atoms with Crippen molar-refractivity contribution < 1.29 is 4.79 Å². The molecule has 1 heterocycles. The highest BCUT2D eigenvalue weighted by atomic mass is 32.1. The van der Waals surface area contributed by atoms with Gasteiger partial charge in [0.15, 0.2) is 0 Å². The van der Waals surface area contributed by atoms with Crippen molar-refractivity contribution >= 4 is 23.2 Å². The SMILES string of the molecule is NC(=O)Nc1ncsc1C1CC1. The third-order valence-corrected chi connectivity index (χ3v) is 2.78. The van der Waals surface area contributed by atoms with Gasteiger partial charge in [-0.25, -0.2) is 9.78 Å². The number of urea groups is 1. The van der Waals surface area contributed by atoms with Crippen molar-refractivity contribution in [3.05, 3.63) is 10.4 Å². The van der Waals surface area contributed by atoms with Gasteiger partial charge in [-0.1, -0.05) is 0 Å². The van der Waals surface area contributed by atoms with Gasteiger partial charge in [0.25, 0.3) is 0 Å². The molecule has 0 aliphatic heterocycles. The number of hydrogen-bond donors (Lipinski definition) is 2. The zero-order chi connectivity index (χ0) is 8.55. The van der Waals surface area contributed by atoms with Crippen molar-refractivity contribution in [3.8, 4) is 0 Å². The lowest BCUT2D eigenvalue weighted by Gasteiger charge is -1.98. The van der Waals surface area contributed by atoms with Crippen LogP contribution in [0.25, 0.3) is 0 Å². The van der Waals surface area contributed by atoms with Crippen molar-refractivity contribution in [1.29, 1.82) is 0 Å². The van der Waals surface area contributed by atoms with Crippen LogP contribution in [0.3, 0.4) is 0 Å². The first-order valence-corrected chi connectivity index (χ1v) is 4.65. The Balaban J connectivity index is 2.18. The molecule has 0 spiro atoms. The summed E-state index contributed by atoms with van der Waals surface area (Å²) in [5.74, 6) is 1.26. The zero-order valence-corrected chi connectivity index (χ0v) is 7.23. The summed E-state index contributed by atoms with van der Waals surface area (Å²) in [7, 11) is 0. The third kappa shape index (κ3) is 1.40. The second-order valence-electron chi connectivity index (χ2n) is 2.83. The Morgan fingerprint density at radius 1 is 1.75 bits per heavy atom. The Hall–Kier alpha value is -1.10. The van der Waals surface area contributed by atoms with E-state index in [1.54, 1.807) is 16.8 Å². The van der Waals surface area contributed by atoms with Crippen LogP contribution in [-0.4, -0.2) is 11.0 Å². The molecule has 0 bridgehead atoms. The first-order valence-electron chi connectivity index (χ1n) is 3.77. The van der Waals surface area contributed by atoms with E-state index in [9.17, 15) is 4.79 Å². The number of primary amides is 1. The number of rotatable bonds is 2. The second-order valence-corrected chi connectivity index (χ2v) is 3.72. The molecular weight excluding hydrogens is 174 g/mol. The number of carbonyl (C=O) groups is 1. The van der Waals surface area contributed by atoms with Gasteiger partial charge in [-0.3, -0.25) is 5.32 Å². The summed E-state index contributed by atoms with van der Waals surface area (Å²) in [6.07, 6.45) is 2.41. The standard InChI is InChI=1S/C7H9N3OS/c8-7(11)10-6-5(4-1-2-4)12-3-9-6/h3-4H,1-2H2,(H3,8,10,11). The van der Waals surface area contributed by atoms with Crippen LogP contribution in [0.5, 0.6) is 0 Å². The molecule has 1 aromatic rings. The van der Waals surface area contributed by atoms with E-state index in [1.165, 1.54) is 12.8 Å². The fourth-order valence-electron chi connectivity index (χ4n) is 1.10. The maximum atomic E-state index is 10.5. The summed E-state index contributed by atoms with van der Waals surface area (Å²) >= 11 is 1.58. The molecule has 2 amide bonds.